The van der Waals surface area contributed by atoms with Crippen molar-refractivity contribution in [2.75, 3.05) is 0 Å². The Hall–Kier alpha value is -3.48. The second-order valence-corrected chi connectivity index (χ2v) is 5.94. The third-order valence-corrected chi connectivity index (χ3v) is 4.19. The van der Waals surface area contributed by atoms with E-state index in [1.54, 1.807) is 18.2 Å². The van der Waals surface area contributed by atoms with Gasteiger partial charge in [-0.15, -0.1) is 0 Å². The Morgan fingerprint density at radius 1 is 1.08 bits per heavy atom. The van der Waals surface area contributed by atoms with E-state index in [1.807, 2.05) is 30.3 Å². The quantitative estimate of drug-likeness (QED) is 0.437. The molecule has 0 radical (unpaired) electrons. The zero-order chi connectivity index (χ0) is 18.1. The van der Waals surface area contributed by atoms with Crippen LogP contribution in [-0.4, -0.2) is 20.3 Å². The number of nitrogens with one attached hydrogen (secondary N) is 1. The van der Waals surface area contributed by atoms with Crippen molar-refractivity contribution in [3.63, 3.8) is 0 Å². The first-order valence-electron chi connectivity index (χ1n) is 8.19. The normalized spacial score (nSPS) is 11.2. The number of ether oxygens (including phenoxy) is 1. The minimum Gasteiger partial charge on any atom is -0.461 e. The minimum atomic E-state index is -0.712. The van der Waals surface area contributed by atoms with Crippen LogP contribution >= 0.6 is 0 Å². The van der Waals surface area contributed by atoms with Crippen molar-refractivity contribution in [1.82, 2.24) is 14.4 Å². The van der Waals surface area contributed by atoms with Crippen LogP contribution < -0.4 is 11.1 Å². The Kier molecular flexibility index (Phi) is 3.96. The van der Waals surface area contributed by atoms with E-state index >= 15 is 0 Å². The first kappa shape index (κ1) is 16.0. The lowest BCUT2D eigenvalue weighted by molar-refractivity contribution is -0.144. The van der Waals surface area contributed by atoms with E-state index in [0.717, 1.165) is 5.56 Å². The van der Waals surface area contributed by atoms with Gasteiger partial charge >= 0.3 is 17.1 Å². The summed E-state index contributed by atoms with van der Waals surface area (Å²) in [6.45, 7) is 0.196. The van der Waals surface area contributed by atoms with E-state index in [9.17, 15) is 14.4 Å². The molecule has 0 saturated heterocycles. The number of H-pyrrole nitrogens is 1. The lowest BCUT2D eigenvalue weighted by Crippen LogP contribution is -2.33. The highest BCUT2D eigenvalue weighted by atomic mass is 16.5. The van der Waals surface area contributed by atoms with E-state index in [4.69, 9.17) is 4.74 Å². The molecule has 0 aliphatic carbocycles. The van der Waals surface area contributed by atoms with Crippen LogP contribution in [0.3, 0.4) is 0 Å². The van der Waals surface area contributed by atoms with Crippen molar-refractivity contribution >= 4 is 22.5 Å². The molecule has 4 rings (SSSR count). The van der Waals surface area contributed by atoms with Crippen LogP contribution in [0.4, 0.5) is 0 Å². The molecule has 0 aliphatic rings. The first-order valence-corrected chi connectivity index (χ1v) is 8.19. The van der Waals surface area contributed by atoms with Gasteiger partial charge in [0.25, 0.3) is 0 Å². The van der Waals surface area contributed by atoms with Crippen LogP contribution in [0.15, 0.2) is 58.1 Å². The van der Waals surface area contributed by atoms with Gasteiger partial charge in [-0.25, -0.2) is 4.98 Å². The summed E-state index contributed by atoms with van der Waals surface area (Å²) >= 11 is 0. The molecule has 0 bridgehead atoms. The summed E-state index contributed by atoms with van der Waals surface area (Å²) in [5.74, 6) is -0.00870. The molecule has 1 N–H and O–H groups in total. The molecule has 0 saturated carbocycles. The average molecular weight is 349 g/mol. The number of para-hydroxylation sites is 1. The molecule has 130 valence electrons. The first-order chi connectivity index (χ1) is 12.6. The number of aromatic nitrogens is 3. The highest BCUT2D eigenvalue weighted by Gasteiger charge is 2.16. The van der Waals surface area contributed by atoms with Gasteiger partial charge in [-0.1, -0.05) is 36.4 Å². The zero-order valence-electron chi connectivity index (χ0n) is 13.8. The summed E-state index contributed by atoms with van der Waals surface area (Å²) in [4.78, 5) is 43.0. The van der Waals surface area contributed by atoms with Gasteiger partial charge < -0.3 is 9.72 Å². The van der Waals surface area contributed by atoms with Gasteiger partial charge in [-0.05, 0) is 17.7 Å². The number of hydrogen-bond acceptors (Lipinski definition) is 5. The fraction of sp³-hybridized carbons (Fsp3) is 0.158. The van der Waals surface area contributed by atoms with Crippen molar-refractivity contribution in [1.29, 1.82) is 0 Å². The maximum atomic E-state index is 12.2. The SMILES string of the molecule is O=C(CCc1nc2cccc3[nH]c(=O)c(=O)n1c23)OCc1ccccc1. The second-order valence-electron chi connectivity index (χ2n) is 5.94. The standard InChI is InChI=1S/C19H15N3O4/c23-16(26-11-12-5-2-1-3-6-12)10-9-15-20-13-7-4-8-14-17(13)22(15)19(25)18(24)21-14/h1-8H,9-11H2,(H,21,24). The van der Waals surface area contributed by atoms with E-state index in [-0.39, 0.29) is 25.4 Å². The lowest BCUT2D eigenvalue weighted by atomic mass is 10.2. The van der Waals surface area contributed by atoms with Gasteiger partial charge in [0, 0.05) is 6.42 Å². The molecule has 0 atom stereocenters. The predicted octanol–water partition coefficient (Wildman–Crippen LogP) is 1.65. The molecule has 7 heteroatoms. The van der Waals surface area contributed by atoms with Gasteiger partial charge in [0.2, 0.25) is 0 Å². The Morgan fingerprint density at radius 3 is 2.69 bits per heavy atom. The number of carbonyl (C=O) groups is 1. The Labute approximate surface area is 147 Å². The van der Waals surface area contributed by atoms with Crippen molar-refractivity contribution in [3.05, 3.63) is 80.6 Å². The van der Waals surface area contributed by atoms with E-state index < -0.39 is 11.1 Å². The van der Waals surface area contributed by atoms with Crippen LogP contribution in [-0.2, 0) is 22.6 Å². The van der Waals surface area contributed by atoms with Crippen LogP contribution in [0.5, 0.6) is 0 Å². The minimum absolute atomic E-state index is 0.0698. The zero-order valence-corrected chi connectivity index (χ0v) is 13.8. The third kappa shape index (κ3) is 2.83. The van der Waals surface area contributed by atoms with Gasteiger partial charge in [-0.2, -0.15) is 0 Å². The molecule has 26 heavy (non-hydrogen) atoms. The number of benzene rings is 2. The number of carbonyl (C=O) groups excluding carboxylic acids is 1. The highest BCUT2D eigenvalue weighted by Crippen LogP contribution is 2.18. The number of nitrogens with zero attached hydrogens (tertiary/aromatic N) is 2. The van der Waals surface area contributed by atoms with Crippen molar-refractivity contribution in [2.24, 2.45) is 0 Å². The monoisotopic (exact) mass is 349 g/mol. The Bertz CT molecular complexity index is 1190. The average Bonchev–Trinajstić information content (AvgIpc) is 3.03. The van der Waals surface area contributed by atoms with Crippen LogP contribution in [0.25, 0.3) is 16.6 Å². The highest BCUT2D eigenvalue weighted by molar-refractivity contribution is 5.91. The topological polar surface area (TPSA) is 93.5 Å². The van der Waals surface area contributed by atoms with Crippen molar-refractivity contribution in [3.8, 4) is 0 Å². The number of aryl methyl sites for hydroxylation is 1. The Morgan fingerprint density at radius 2 is 1.88 bits per heavy atom. The molecule has 2 aromatic heterocycles. The summed E-state index contributed by atoms with van der Waals surface area (Å²) in [5, 5.41) is 0. The molecular formula is C19H15N3O4. The maximum Gasteiger partial charge on any atom is 0.322 e. The van der Waals surface area contributed by atoms with E-state index in [1.165, 1.54) is 4.40 Å². The summed E-state index contributed by atoms with van der Waals surface area (Å²) in [6.07, 6.45) is 0.279. The molecule has 0 fully saturated rings. The second kappa shape index (κ2) is 6.44. The number of imidazole rings is 1. The van der Waals surface area contributed by atoms with Crippen LogP contribution in [0, 0.1) is 0 Å². The van der Waals surface area contributed by atoms with Gasteiger partial charge in [0.1, 0.15) is 12.4 Å². The fourth-order valence-electron chi connectivity index (χ4n) is 2.96. The maximum absolute atomic E-state index is 12.2. The van der Waals surface area contributed by atoms with Crippen molar-refractivity contribution in [2.45, 2.75) is 19.4 Å². The van der Waals surface area contributed by atoms with E-state index in [2.05, 4.69) is 9.97 Å². The summed E-state index contributed by atoms with van der Waals surface area (Å²) in [6, 6.07) is 14.6. The van der Waals surface area contributed by atoms with Gasteiger partial charge in [0.05, 0.1) is 23.0 Å². The lowest BCUT2D eigenvalue weighted by Gasteiger charge is -2.05. The molecule has 2 aromatic carbocycles. The molecule has 7 nitrogen and oxygen atoms in total. The molecule has 0 spiro atoms. The molecule has 0 aliphatic heterocycles. The number of rotatable bonds is 5. The summed E-state index contributed by atoms with van der Waals surface area (Å²) in [5.41, 5.74) is 1.19. The largest absolute Gasteiger partial charge is 0.461 e. The predicted molar refractivity (Wildman–Crippen MR) is 95.3 cm³/mol. The number of aromatic amines is 1. The summed E-state index contributed by atoms with van der Waals surface area (Å²) in [7, 11) is 0. The Balaban J connectivity index is 1.55. The molecule has 2 heterocycles. The molecule has 0 unspecified atom stereocenters. The van der Waals surface area contributed by atoms with E-state index in [0.29, 0.717) is 22.4 Å². The van der Waals surface area contributed by atoms with Gasteiger partial charge in [-0.3, -0.25) is 18.8 Å². The van der Waals surface area contributed by atoms with Gasteiger partial charge in [0.15, 0.2) is 0 Å². The fourth-order valence-corrected chi connectivity index (χ4v) is 2.96. The number of esters is 1. The molecule has 4 aromatic rings. The van der Waals surface area contributed by atoms with Crippen LogP contribution in [0.1, 0.15) is 17.8 Å². The molecule has 0 amide bonds. The van der Waals surface area contributed by atoms with Crippen molar-refractivity contribution < 1.29 is 9.53 Å². The smallest absolute Gasteiger partial charge is 0.322 e. The van der Waals surface area contributed by atoms with Crippen LogP contribution in [0.2, 0.25) is 0 Å². The summed E-state index contributed by atoms with van der Waals surface area (Å²) < 4.78 is 6.53. The number of hydrogen-bond donors (Lipinski definition) is 1. The third-order valence-electron chi connectivity index (χ3n) is 4.19. The molecular weight excluding hydrogens is 334 g/mol.